The SMILES string of the molecule is COc1cccc(CN(C(=O)CN(c2ccc(C)cc2)S(=O)(=O)c2ccccc2)[C@H](C)C(=O)NC(C)C)c1. The average molecular weight is 538 g/mol. The van der Waals surface area contributed by atoms with Crippen LogP contribution < -0.4 is 14.4 Å². The van der Waals surface area contributed by atoms with Crippen molar-refractivity contribution in [3.63, 3.8) is 0 Å². The first-order valence-corrected chi connectivity index (χ1v) is 13.8. The highest BCUT2D eigenvalue weighted by Crippen LogP contribution is 2.25. The zero-order chi connectivity index (χ0) is 27.9. The van der Waals surface area contributed by atoms with Crippen molar-refractivity contribution < 1.29 is 22.7 Å². The van der Waals surface area contributed by atoms with E-state index in [-0.39, 0.29) is 23.4 Å². The Kier molecular flexibility index (Phi) is 9.52. The van der Waals surface area contributed by atoms with Crippen LogP contribution in [0.4, 0.5) is 5.69 Å². The molecule has 3 rings (SSSR count). The number of ether oxygens (including phenoxy) is 1. The normalized spacial score (nSPS) is 12.1. The van der Waals surface area contributed by atoms with E-state index in [9.17, 15) is 18.0 Å². The van der Waals surface area contributed by atoms with Crippen LogP contribution in [0.1, 0.15) is 31.9 Å². The van der Waals surface area contributed by atoms with Crippen LogP contribution in [0.3, 0.4) is 0 Å². The maximum absolute atomic E-state index is 13.9. The number of hydrogen-bond donors (Lipinski definition) is 1. The highest BCUT2D eigenvalue weighted by atomic mass is 32.2. The van der Waals surface area contributed by atoms with E-state index in [1.54, 1.807) is 74.7 Å². The van der Waals surface area contributed by atoms with Crippen LogP contribution in [-0.4, -0.2) is 50.9 Å². The Labute approximate surface area is 225 Å². The Morgan fingerprint density at radius 1 is 0.921 bits per heavy atom. The highest BCUT2D eigenvalue weighted by molar-refractivity contribution is 7.92. The fourth-order valence-corrected chi connectivity index (χ4v) is 5.35. The van der Waals surface area contributed by atoms with Crippen molar-refractivity contribution in [2.45, 2.75) is 51.2 Å². The van der Waals surface area contributed by atoms with Crippen LogP contribution in [0.25, 0.3) is 0 Å². The molecule has 3 aromatic rings. The minimum atomic E-state index is -4.08. The molecule has 8 nitrogen and oxygen atoms in total. The molecule has 202 valence electrons. The van der Waals surface area contributed by atoms with Gasteiger partial charge in [-0.3, -0.25) is 13.9 Å². The van der Waals surface area contributed by atoms with Crippen molar-refractivity contribution in [1.82, 2.24) is 10.2 Å². The molecule has 1 atom stereocenters. The number of sulfonamides is 1. The number of rotatable bonds is 11. The fourth-order valence-electron chi connectivity index (χ4n) is 3.91. The first-order valence-electron chi connectivity index (χ1n) is 12.4. The summed E-state index contributed by atoms with van der Waals surface area (Å²) >= 11 is 0. The lowest BCUT2D eigenvalue weighted by atomic mass is 10.1. The van der Waals surface area contributed by atoms with Crippen molar-refractivity contribution in [3.05, 3.63) is 90.0 Å². The van der Waals surface area contributed by atoms with Gasteiger partial charge in [-0.1, -0.05) is 48.0 Å². The van der Waals surface area contributed by atoms with E-state index < -0.39 is 28.5 Å². The lowest BCUT2D eigenvalue weighted by Gasteiger charge is -2.32. The van der Waals surface area contributed by atoms with Crippen LogP contribution in [-0.2, 0) is 26.2 Å². The number of carbonyl (C=O) groups excluding carboxylic acids is 2. The van der Waals surface area contributed by atoms with Gasteiger partial charge in [-0.25, -0.2) is 8.42 Å². The van der Waals surface area contributed by atoms with Gasteiger partial charge in [-0.05, 0) is 69.7 Å². The maximum Gasteiger partial charge on any atom is 0.264 e. The summed E-state index contributed by atoms with van der Waals surface area (Å²) in [5, 5.41) is 2.84. The van der Waals surface area contributed by atoms with Crippen molar-refractivity contribution in [2.24, 2.45) is 0 Å². The summed E-state index contributed by atoms with van der Waals surface area (Å²) in [6, 6.07) is 21.1. The topological polar surface area (TPSA) is 96.0 Å². The monoisotopic (exact) mass is 537 g/mol. The molecule has 0 aromatic heterocycles. The van der Waals surface area contributed by atoms with E-state index >= 15 is 0 Å². The molecule has 0 spiro atoms. The third kappa shape index (κ3) is 7.13. The molecule has 0 saturated heterocycles. The predicted octanol–water partition coefficient (Wildman–Crippen LogP) is 4.14. The molecule has 0 fully saturated rings. The second-order valence-corrected chi connectivity index (χ2v) is 11.2. The van der Waals surface area contributed by atoms with Gasteiger partial charge >= 0.3 is 0 Å². The number of benzene rings is 3. The average Bonchev–Trinajstić information content (AvgIpc) is 2.90. The van der Waals surface area contributed by atoms with Crippen molar-refractivity contribution in [1.29, 1.82) is 0 Å². The Hall–Kier alpha value is -3.85. The van der Waals surface area contributed by atoms with E-state index in [1.807, 2.05) is 26.8 Å². The van der Waals surface area contributed by atoms with Gasteiger partial charge in [-0.15, -0.1) is 0 Å². The van der Waals surface area contributed by atoms with Crippen molar-refractivity contribution in [2.75, 3.05) is 18.0 Å². The molecular formula is C29H35N3O5S. The second-order valence-electron chi connectivity index (χ2n) is 9.37. The zero-order valence-corrected chi connectivity index (χ0v) is 23.2. The number of anilines is 1. The molecule has 0 aliphatic heterocycles. The summed E-state index contributed by atoms with van der Waals surface area (Å²) in [6.45, 7) is 6.82. The van der Waals surface area contributed by atoms with Gasteiger partial charge < -0.3 is 15.0 Å². The van der Waals surface area contributed by atoms with Gasteiger partial charge in [0.25, 0.3) is 10.0 Å². The lowest BCUT2D eigenvalue weighted by molar-refractivity contribution is -0.139. The summed E-state index contributed by atoms with van der Waals surface area (Å²) in [5.74, 6) is -0.231. The third-order valence-corrected chi connectivity index (χ3v) is 7.81. The number of methoxy groups -OCH3 is 1. The molecule has 0 bridgehead atoms. The summed E-state index contributed by atoms with van der Waals surface area (Å²) in [7, 11) is -2.53. The number of nitrogens with zero attached hydrogens (tertiary/aromatic N) is 2. The van der Waals surface area contributed by atoms with Crippen molar-refractivity contribution >= 4 is 27.5 Å². The van der Waals surface area contributed by atoms with E-state index in [0.717, 1.165) is 15.4 Å². The summed E-state index contributed by atoms with van der Waals surface area (Å²) < 4.78 is 33.9. The third-order valence-electron chi connectivity index (χ3n) is 6.02. The first kappa shape index (κ1) is 28.7. The zero-order valence-electron chi connectivity index (χ0n) is 22.4. The number of nitrogens with one attached hydrogen (secondary N) is 1. The first-order chi connectivity index (χ1) is 18.0. The largest absolute Gasteiger partial charge is 0.497 e. The number of aryl methyl sites for hydroxylation is 1. The minimum Gasteiger partial charge on any atom is -0.497 e. The van der Waals surface area contributed by atoms with Crippen LogP contribution in [0.5, 0.6) is 5.75 Å². The van der Waals surface area contributed by atoms with Crippen molar-refractivity contribution in [3.8, 4) is 5.75 Å². The van der Waals surface area contributed by atoms with E-state index in [2.05, 4.69) is 5.32 Å². The van der Waals surface area contributed by atoms with Gasteiger partial charge in [0.05, 0.1) is 17.7 Å². The Morgan fingerprint density at radius 3 is 2.18 bits per heavy atom. The predicted molar refractivity (Wildman–Crippen MR) is 148 cm³/mol. The van der Waals surface area contributed by atoms with Crippen LogP contribution in [0.15, 0.2) is 83.8 Å². The lowest BCUT2D eigenvalue weighted by Crippen LogP contribution is -2.52. The van der Waals surface area contributed by atoms with E-state index in [0.29, 0.717) is 11.4 Å². The molecule has 0 saturated carbocycles. The molecule has 0 radical (unpaired) electrons. The number of hydrogen-bond acceptors (Lipinski definition) is 5. The van der Waals surface area contributed by atoms with Gasteiger partial charge in [0.1, 0.15) is 18.3 Å². The molecule has 1 N–H and O–H groups in total. The van der Waals surface area contributed by atoms with Gasteiger partial charge in [0.2, 0.25) is 11.8 Å². The van der Waals surface area contributed by atoms with Gasteiger partial charge in [-0.2, -0.15) is 0 Å². The quantitative estimate of drug-likeness (QED) is 0.397. The summed E-state index contributed by atoms with van der Waals surface area (Å²) in [5.41, 5.74) is 2.05. The fraction of sp³-hybridized carbons (Fsp3) is 0.310. The smallest absolute Gasteiger partial charge is 0.264 e. The molecule has 2 amide bonds. The maximum atomic E-state index is 13.9. The Balaban J connectivity index is 2.02. The minimum absolute atomic E-state index is 0.0679. The molecule has 0 aliphatic rings. The summed E-state index contributed by atoms with van der Waals surface area (Å²) in [4.78, 5) is 28.3. The molecular weight excluding hydrogens is 502 g/mol. The Morgan fingerprint density at radius 2 is 1.58 bits per heavy atom. The number of carbonyl (C=O) groups is 2. The second kappa shape index (κ2) is 12.6. The molecule has 0 heterocycles. The molecule has 0 aliphatic carbocycles. The van der Waals surface area contributed by atoms with Gasteiger partial charge in [0, 0.05) is 12.6 Å². The molecule has 0 unspecified atom stereocenters. The molecule has 3 aromatic carbocycles. The Bertz CT molecular complexity index is 1340. The van der Waals surface area contributed by atoms with E-state index in [1.165, 1.54) is 17.0 Å². The van der Waals surface area contributed by atoms with Gasteiger partial charge in [0.15, 0.2) is 0 Å². The summed E-state index contributed by atoms with van der Waals surface area (Å²) in [6.07, 6.45) is 0. The van der Waals surface area contributed by atoms with E-state index in [4.69, 9.17) is 4.74 Å². The van der Waals surface area contributed by atoms with Crippen LogP contribution in [0.2, 0.25) is 0 Å². The number of amides is 2. The molecule has 38 heavy (non-hydrogen) atoms. The highest BCUT2D eigenvalue weighted by Gasteiger charge is 2.32. The van der Waals surface area contributed by atoms with Crippen LogP contribution >= 0.6 is 0 Å². The standard InChI is InChI=1S/C29H35N3O5S/c1-21(2)30-29(34)23(4)31(19-24-10-9-11-26(18-24)37-5)28(33)20-32(25-16-14-22(3)15-17-25)38(35,36)27-12-7-6-8-13-27/h6-18,21,23H,19-20H2,1-5H3,(H,30,34)/t23-/m1/s1. The van der Waals surface area contributed by atoms with Crippen LogP contribution in [0, 0.1) is 6.92 Å². The molecule has 9 heteroatoms.